The number of carbonyl (C=O) groups is 2. The number of rotatable bonds is 16. The summed E-state index contributed by atoms with van der Waals surface area (Å²) in [5.74, 6) is -2.15. The van der Waals surface area contributed by atoms with Gasteiger partial charge < -0.3 is 33.9 Å². The molecular weight excluding hydrogens is 528 g/mol. The van der Waals surface area contributed by atoms with Gasteiger partial charge in [-0.1, -0.05) is 80.9 Å². The number of hydrogen-bond donors (Lipinski definition) is 2. The molecule has 3 rings (SSSR count). The quantitative estimate of drug-likeness (QED) is 0.271. The summed E-state index contributed by atoms with van der Waals surface area (Å²) in [6.07, 6.45) is -1.73. The van der Waals surface area contributed by atoms with Crippen molar-refractivity contribution >= 4 is 11.9 Å². The van der Waals surface area contributed by atoms with Crippen molar-refractivity contribution < 1.29 is 43.5 Å². The molecule has 1 saturated heterocycles. The molecule has 1 unspecified atom stereocenters. The number of aliphatic hydroxyl groups is 1. The molecule has 0 radical (unpaired) electrons. The van der Waals surface area contributed by atoms with Gasteiger partial charge in [0.1, 0.15) is 18.8 Å². The lowest BCUT2D eigenvalue weighted by Gasteiger charge is -2.45. The number of benzene rings is 2. The van der Waals surface area contributed by atoms with Crippen molar-refractivity contribution in [3.8, 4) is 0 Å². The minimum Gasteiger partial charge on any atom is -0.481 e. The van der Waals surface area contributed by atoms with Crippen molar-refractivity contribution in [3.63, 3.8) is 0 Å². The third-order valence-electron chi connectivity index (χ3n) is 7.04. The zero-order chi connectivity index (χ0) is 29.8. The van der Waals surface area contributed by atoms with Gasteiger partial charge in [-0.05, 0) is 31.4 Å². The van der Waals surface area contributed by atoms with E-state index in [2.05, 4.69) is 6.92 Å². The molecule has 1 heterocycles. The monoisotopic (exact) mass is 572 g/mol. The lowest BCUT2D eigenvalue weighted by atomic mass is 9.91. The van der Waals surface area contributed by atoms with Gasteiger partial charge in [0.25, 0.3) is 0 Å². The summed E-state index contributed by atoms with van der Waals surface area (Å²) >= 11 is 0. The molecule has 0 amide bonds. The Balaban J connectivity index is 1.82. The Hall–Kier alpha value is -2.82. The summed E-state index contributed by atoms with van der Waals surface area (Å²) in [6.45, 7) is 7.85. The highest BCUT2D eigenvalue weighted by atomic mass is 16.7. The maximum Gasteiger partial charge on any atom is 0.308 e. The molecule has 2 N–H and O–H groups in total. The zero-order valence-corrected chi connectivity index (χ0v) is 24.4. The Bertz CT molecular complexity index is 1060. The molecule has 9 heteroatoms. The molecule has 9 nitrogen and oxygen atoms in total. The van der Waals surface area contributed by atoms with E-state index in [9.17, 15) is 14.7 Å². The second-order valence-corrected chi connectivity index (χ2v) is 11.1. The largest absolute Gasteiger partial charge is 0.481 e. The lowest BCUT2D eigenvalue weighted by molar-refractivity contribution is -0.309. The molecule has 0 spiro atoms. The first-order chi connectivity index (χ1) is 19.6. The minimum atomic E-state index is -1.74. The lowest BCUT2D eigenvalue weighted by Crippen LogP contribution is -2.58. The normalized spacial score (nSPS) is 24.8. The van der Waals surface area contributed by atoms with Crippen LogP contribution in [-0.4, -0.2) is 65.1 Å². The van der Waals surface area contributed by atoms with Gasteiger partial charge in [0.2, 0.25) is 0 Å². The van der Waals surface area contributed by atoms with E-state index in [0.717, 1.165) is 24.0 Å². The second kappa shape index (κ2) is 16.0. The van der Waals surface area contributed by atoms with Gasteiger partial charge in [-0.15, -0.1) is 0 Å². The van der Waals surface area contributed by atoms with E-state index in [1.54, 1.807) is 0 Å². The molecule has 2 aromatic rings. The molecule has 1 fully saturated rings. The maximum absolute atomic E-state index is 12.6. The van der Waals surface area contributed by atoms with Crippen molar-refractivity contribution in [1.29, 1.82) is 0 Å². The number of ether oxygens (including phenoxy) is 5. The van der Waals surface area contributed by atoms with Crippen molar-refractivity contribution in [2.24, 2.45) is 5.92 Å². The van der Waals surface area contributed by atoms with Crippen LogP contribution in [0.25, 0.3) is 0 Å². The molecule has 226 valence electrons. The Kier molecular flexibility index (Phi) is 12.7. The first-order valence-corrected chi connectivity index (χ1v) is 14.3. The summed E-state index contributed by atoms with van der Waals surface area (Å²) in [7, 11) is 0. The fourth-order valence-electron chi connectivity index (χ4n) is 4.94. The second-order valence-electron chi connectivity index (χ2n) is 11.1. The molecule has 41 heavy (non-hydrogen) atoms. The van der Waals surface area contributed by atoms with E-state index in [0.29, 0.717) is 13.2 Å². The fourth-order valence-corrected chi connectivity index (χ4v) is 4.94. The third kappa shape index (κ3) is 10.8. The smallest absolute Gasteiger partial charge is 0.308 e. The van der Waals surface area contributed by atoms with Crippen LogP contribution in [0.1, 0.15) is 64.5 Å². The highest BCUT2D eigenvalue weighted by Gasteiger charge is 2.47. The van der Waals surface area contributed by atoms with E-state index >= 15 is 0 Å². The Morgan fingerprint density at radius 2 is 1.51 bits per heavy atom. The van der Waals surface area contributed by atoms with Gasteiger partial charge in [0.05, 0.1) is 43.9 Å². The highest BCUT2D eigenvalue weighted by molar-refractivity contribution is 5.73. The Morgan fingerprint density at radius 1 is 0.951 bits per heavy atom. The van der Waals surface area contributed by atoms with Crippen molar-refractivity contribution in [2.45, 2.75) is 103 Å². The number of aliphatic carboxylic acids is 1. The minimum absolute atomic E-state index is 0.0571. The van der Waals surface area contributed by atoms with Crippen LogP contribution in [0.3, 0.4) is 0 Å². The van der Waals surface area contributed by atoms with Crippen molar-refractivity contribution in [1.82, 2.24) is 0 Å². The van der Waals surface area contributed by atoms with E-state index in [-0.39, 0.29) is 18.6 Å². The number of esters is 1. The van der Waals surface area contributed by atoms with Crippen LogP contribution in [0.2, 0.25) is 0 Å². The topological polar surface area (TPSA) is 121 Å². The van der Waals surface area contributed by atoms with Gasteiger partial charge in [0.15, 0.2) is 6.29 Å². The van der Waals surface area contributed by atoms with Crippen LogP contribution in [-0.2, 0) is 46.5 Å². The van der Waals surface area contributed by atoms with Gasteiger partial charge in [-0.2, -0.15) is 0 Å². The van der Waals surface area contributed by atoms with Crippen molar-refractivity contribution in [3.05, 3.63) is 71.8 Å². The molecule has 0 aliphatic carbocycles. The van der Waals surface area contributed by atoms with Gasteiger partial charge in [-0.3, -0.25) is 9.59 Å². The summed E-state index contributed by atoms with van der Waals surface area (Å²) in [5, 5.41) is 19.4. The maximum atomic E-state index is 12.6. The number of carboxylic acids is 1. The van der Waals surface area contributed by atoms with E-state index in [1.807, 2.05) is 74.5 Å². The van der Waals surface area contributed by atoms with Crippen LogP contribution in [0, 0.1) is 5.92 Å². The average Bonchev–Trinajstić information content (AvgIpc) is 2.92. The third-order valence-corrected chi connectivity index (χ3v) is 7.04. The first-order valence-electron chi connectivity index (χ1n) is 14.3. The molecule has 7 atom stereocenters. The molecule has 1 aliphatic rings. The van der Waals surface area contributed by atoms with E-state index in [4.69, 9.17) is 28.8 Å². The van der Waals surface area contributed by atoms with Gasteiger partial charge in [-0.25, -0.2) is 0 Å². The van der Waals surface area contributed by atoms with Crippen LogP contribution in [0.4, 0.5) is 0 Å². The number of carboxylic acid groups (broad SMARTS) is 1. The van der Waals surface area contributed by atoms with Gasteiger partial charge in [0, 0.05) is 5.92 Å². The number of hydrogen-bond acceptors (Lipinski definition) is 8. The van der Waals surface area contributed by atoms with Crippen LogP contribution in [0.5, 0.6) is 0 Å². The molecule has 2 aromatic carbocycles. The van der Waals surface area contributed by atoms with Crippen molar-refractivity contribution in [2.75, 3.05) is 6.61 Å². The predicted molar refractivity (Wildman–Crippen MR) is 152 cm³/mol. The SMILES string of the molecule is CCC[C@@H](C)O[C@@H]1O[C@H](COC(=O)CC(C)(O)CC(=O)O)[C@@H](OCc2ccccc2)[C@H](OCc2ccccc2)[C@H]1C. The summed E-state index contributed by atoms with van der Waals surface area (Å²) in [4.78, 5) is 23.7. The van der Waals surface area contributed by atoms with Crippen LogP contribution >= 0.6 is 0 Å². The summed E-state index contributed by atoms with van der Waals surface area (Å²) < 4.78 is 31.1. The molecule has 0 bridgehead atoms. The predicted octanol–water partition coefficient (Wildman–Crippen LogP) is 4.88. The zero-order valence-electron chi connectivity index (χ0n) is 24.4. The summed E-state index contributed by atoms with van der Waals surface area (Å²) in [6, 6.07) is 19.6. The first kappa shape index (κ1) is 32.7. The molecule has 0 saturated carbocycles. The fraction of sp³-hybridized carbons (Fsp3) is 0.562. The average molecular weight is 573 g/mol. The van der Waals surface area contributed by atoms with Crippen LogP contribution in [0.15, 0.2) is 60.7 Å². The Morgan fingerprint density at radius 3 is 2.05 bits per heavy atom. The Labute approximate surface area is 242 Å². The molecule has 0 aromatic heterocycles. The molecular formula is C32H44O9. The van der Waals surface area contributed by atoms with E-state index < -0.39 is 55.0 Å². The summed E-state index contributed by atoms with van der Waals surface area (Å²) in [5.41, 5.74) is 0.238. The highest BCUT2D eigenvalue weighted by Crippen LogP contribution is 2.33. The standard InChI is InChI=1S/C32H44O9/c1-5-12-22(2)40-31-23(3)29(38-19-24-13-8-6-9-14-24)30(39-20-25-15-10-7-11-16-25)26(41-31)21-37-28(35)18-32(4,36)17-27(33)34/h6-11,13-16,22-23,26,29-31,36H,5,12,17-21H2,1-4H3,(H,33,34)/t22-,23-,26-,29-,30-,31-,32?/m1/s1. The van der Waals surface area contributed by atoms with E-state index in [1.165, 1.54) is 6.92 Å². The molecule has 1 aliphatic heterocycles. The number of carbonyl (C=O) groups excluding carboxylic acids is 1. The van der Waals surface area contributed by atoms with Crippen LogP contribution < -0.4 is 0 Å². The van der Waals surface area contributed by atoms with Gasteiger partial charge >= 0.3 is 11.9 Å².